The van der Waals surface area contributed by atoms with E-state index in [2.05, 4.69) is 0 Å². The number of benzene rings is 1. The second-order valence-corrected chi connectivity index (χ2v) is 6.41. The molecule has 1 unspecified atom stereocenters. The van der Waals surface area contributed by atoms with Gasteiger partial charge >= 0.3 is 0 Å². The molecule has 0 aliphatic rings. The lowest BCUT2D eigenvalue weighted by molar-refractivity contribution is 0.0987. The number of halogens is 1. The highest BCUT2D eigenvalue weighted by Gasteiger charge is 2.25. The molecule has 1 N–H and O–H groups in total. The molecule has 1 aromatic carbocycles. The van der Waals surface area contributed by atoms with Gasteiger partial charge in [-0.2, -0.15) is 5.26 Å². The van der Waals surface area contributed by atoms with Crippen LogP contribution in [-0.2, 0) is 6.42 Å². The van der Waals surface area contributed by atoms with Gasteiger partial charge in [-0.3, -0.25) is 14.2 Å². The lowest BCUT2D eigenvalue weighted by Gasteiger charge is -2.19. The minimum absolute atomic E-state index is 0.0198. The van der Waals surface area contributed by atoms with Gasteiger partial charge in [0.2, 0.25) is 5.88 Å². The van der Waals surface area contributed by atoms with Crippen molar-refractivity contribution >= 4 is 17.4 Å². The van der Waals surface area contributed by atoms with Crippen molar-refractivity contribution in [2.24, 2.45) is 0 Å². The fourth-order valence-electron chi connectivity index (χ4n) is 2.72. The van der Waals surface area contributed by atoms with Gasteiger partial charge < -0.3 is 5.11 Å². The summed E-state index contributed by atoms with van der Waals surface area (Å²) >= 11 is 5.85. The second kappa shape index (κ2) is 7.54. The van der Waals surface area contributed by atoms with Crippen LogP contribution >= 0.6 is 11.6 Å². The van der Waals surface area contributed by atoms with E-state index in [1.807, 2.05) is 13.0 Å². The molecule has 0 spiro atoms. The fourth-order valence-corrected chi connectivity index (χ4v) is 2.85. The number of carbonyl (C=O) groups is 1. The molecule has 2 aromatic rings. The molecule has 1 heterocycles. The van der Waals surface area contributed by atoms with E-state index >= 15 is 0 Å². The van der Waals surface area contributed by atoms with E-state index in [1.165, 1.54) is 6.92 Å². The third kappa shape index (κ3) is 3.59. The van der Waals surface area contributed by atoms with E-state index in [1.54, 1.807) is 31.2 Å². The summed E-state index contributed by atoms with van der Waals surface area (Å²) in [6.45, 7) is 5.12. The Kier molecular flexibility index (Phi) is 5.66. The van der Waals surface area contributed by atoms with Crippen molar-refractivity contribution in [2.75, 3.05) is 0 Å². The van der Waals surface area contributed by atoms with Gasteiger partial charge in [0.15, 0.2) is 5.78 Å². The first-order chi connectivity index (χ1) is 11.8. The van der Waals surface area contributed by atoms with E-state index < -0.39 is 5.56 Å². The number of nitrogens with zero attached hydrogens (tertiary/aromatic N) is 2. The maximum absolute atomic E-state index is 12.8. The zero-order valence-electron chi connectivity index (χ0n) is 14.3. The molecule has 1 aromatic heterocycles. The number of carbonyl (C=O) groups excluding carboxylic acids is 1. The van der Waals surface area contributed by atoms with E-state index in [9.17, 15) is 20.0 Å². The van der Waals surface area contributed by atoms with Crippen LogP contribution in [0.15, 0.2) is 29.1 Å². The monoisotopic (exact) mass is 358 g/mol. The largest absolute Gasteiger partial charge is 0.494 e. The van der Waals surface area contributed by atoms with Crippen LogP contribution in [0.1, 0.15) is 53.4 Å². The number of hydrogen-bond acceptors (Lipinski definition) is 4. The summed E-state index contributed by atoms with van der Waals surface area (Å²) in [6, 6.07) is 8.34. The van der Waals surface area contributed by atoms with Gasteiger partial charge in [0.05, 0.1) is 5.56 Å². The molecule has 1 atom stereocenters. The van der Waals surface area contributed by atoms with Crippen LogP contribution in [0.3, 0.4) is 0 Å². The smallest absolute Gasteiger partial charge is 0.271 e. The Morgan fingerprint density at radius 3 is 2.48 bits per heavy atom. The van der Waals surface area contributed by atoms with Crippen molar-refractivity contribution in [3.05, 3.63) is 61.9 Å². The summed E-state index contributed by atoms with van der Waals surface area (Å²) in [5.41, 5.74) is 0.273. The van der Waals surface area contributed by atoms with Crippen molar-refractivity contribution in [3.8, 4) is 11.9 Å². The lowest BCUT2D eigenvalue weighted by atomic mass is 9.97. The van der Waals surface area contributed by atoms with Crippen molar-refractivity contribution in [1.29, 1.82) is 5.26 Å². The van der Waals surface area contributed by atoms with Crippen LogP contribution in [0.2, 0.25) is 5.02 Å². The summed E-state index contributed by atoms with van der Waals surface area (Å²) < 4.78 is 1.13. The highest BCUT2D eigenvalue weighted by Crippen LogP contribution is 2.27. The summed E-state index contributed by atoms with van der Waals surface area (Å²) in [7, 11) is 0. The molecule has 0 saturated heterocycles. The van der Waals surface area contributed by atoms with Gasteiger partial charge in [0.25, 0.3) is 5.56 Å². The topological polar surface area (TPSA) is 83.1 Å². The predicted molar refractivity (Wildman–Crippen MR) is 96.3 cm³/mol. The Labute approximate surface area is 151 Å². The Bertz CT molecular complexity index is 908. The summed E-state index contributed by atoms with van der Waals surface area (Å²) in [4.78, 5) is 25.2. The van der Waals surface area contributed by atoms with Crippen LogP contribution in [0, 0.1) is 18.3 Å². The molecular weight excluding hydrogens is 340 g/mol. The zero-order valence-corrected chi connectivity index (χ0v) is 15.1. The number of Topliss-reactive ketones (excluding diaryl/α,β-unsaturated/α-hetero) is 1. The van der Waals surface area contributed by atoms with Crippen LogP contribution in [0.5, 0.6) is 5.88 Å². The van der Waals surface area contributed by atoms with E-state index in [-0.39, 0.29) is 40.8 Å². The van der Waals surface area contributed by atoms with E-state index in [4.69, 9.17) is 11.6 Å². The van der Waals surface area contributed by atoms with E-state index in [0.717, 1.165) is 10.1 Å². The number of hydrogen-bond donors (Lipinski definition) is 1. The number of pyridine rings is 1. The third-order valence-electron chi connectivity index (χ3n) is 4.33. The molecule has 6 heteroatoms. The normalized spacial score (nSPS) is 11.8. The minimum Gasteiger partial charge on any atom is -0.494 e. The highest BCUT2D eigenvalue weighted by atomic mass is 35.5. The van der Waals surface area contributed by atoms with Crippen molar-refractivity contribution < 1.29 is 9.90 Å². The molecule has 0 amide bonds. The minimum atomic E-state index is -0.574. The van der Waals surface area contributed by atoms with Crippen molar-refractivity contribution in [2.45, 2.75) is 39.7 Å². The molecular formula is C19H19ClN2O3. The molecule has 2 rings (SSSR count). The van der Waals surface area contributed by atoms with Gasteiger partial charge in [0.1, 0.15) is 11.6 Å². The van der Waals surface area contributed by atoms with Crippen LogP contribution in [-0.4, -0.2) is 15.5 Å². The standard InChI is InChI=1S/C19H19ClN2O3/c1-4-11(2)22-18(24)15(10-21)12(3)17(19(22)25)16(23)9-13-5-7-14(20)8-6-13/h5-8,11,25H,4,9H2,1-3H3. The Hall–Kier alpha value is -2.58. The lowest BCUT2D eigenvalue weighted by Crippen LogP contribution is -2.29. The fraction of sp³-hybridized carbons (Fsp3) is 0.316. The summed E-state index contributed by atoms with van der Waals surface area (Å²) in [5, 5.41) is 20.5. The first-order valence-electron chi connectivity index (χ1n) is 7.97. The van der Waals surface area contributed by atoms with Crippen LogP contribution < -0.4 is 5.56 Å². The summed E-state index contributed by atoms with van der Waals surface area (Å²) in [6.07, 6.45) is 0.612. The second-order valence-electron chi connectivity index (χ2n) is 5.97. The van der Waals surface area contributed by atoms with Gasteiger partial charge in [-0.05, 0) is 43.5 Å². The van der Waals surface area contributed by atoms with Gasteiger partial charge in [0, 0.05) is 17.5 Å². The van der Waals surface area contributed by atoms with E-state index in [0.29, 0.717) is 11.4 Å². The molecule has 130 valence electrons. The Morgan fingerprint density at radius 2 is 1.96 bits per heavy atom. The molecule has 0 saturated carbocycles. The maximum Gasteiger partial charge on any atom is 0.271 e. The average molecular weight is 359 g/mol. The predicted octanol–water partition coefficient (Wildman–Crippen LogP) is 3.78. The van der Waals surface area contributed by atoms with Gasteiger partial charge in [-0.25, -0.2) is 0 Å². The molecule has 0 radical (unpaired) electrons. The van der Waals surface area contributed by atoms with Gasteiger partial charge in [-0.1, -0.05) is 30.7 Å². The van der Waals surface area contributed by atoms with Gasteiger partial charge in [-0.15, -0.1) is 0 Å². The number of rotatable bonds is 5. The number of aromatic hydroxyl groups is 1. The van der Waals surface area contributed by atoms with Crippen molar-refractivity contribution in [1.82, 2.24) is 4.57 Å². The molecule has 0 fully saturated rings. The molecule has 0 bridgehead atoms. The highest BCUT2D eigenvalue weighted by molar-refractivity contribution is 6.30. The molecule has 5 nitrogen and oxygen atoms in total. The quantitative estimate of drug-likeness (QED) is 0.824. The molecule has 25 heavy (non-hydrogen) atoms. The van der Waals surface area contributed by atoms with Crippen molar-refractivity contribution in [3.63, 3.8) is 0 Å². The number of aromatic nitrogens is 1. The number of nitriles is 1. The Morgan fingerprint density at radius 1 is 1.36 bits per heavy atom. The molecule has 0 aliphatic carbocycles. The number of ketones is 1. The SMILES string of the molecule is CCC(C)n1c(O)c(C(=O)Cc2ccc(Cl)cc2)c(C)c(C#N)c1=O. The molecule has 0 aliphatic heterocycles. The maximum atomic E-state index is 12.8. The Balaban J connectivity index is 2.60. The third-order valence-corrected chi connectivity index (χ3v) is 4.59. The van der Waals surface area contributed by atoms with Crippen LogP contribution in [0.4, 0.5) is 0 Å². The zero-order chi connectivity index (χ0) is 18.7. The first-order valence-corrected chi connectivity index (χ1v) is 8.35. The first kappa shape index (κ1) is 18.8. The van der Waals surface area contributed by atoms with Crippen LogP contribution in [0.25, 0.3) is 0 Å². The summed E-state index contributed by atoms with van der Waals surface area (Å²) in [5.74, 6) is -0.735. The average Bonchev–Trinajstić information content (AvgIpc) is 2.57.